The molecule has 0 aliphatic carbocycles. The molecule has 1 aromatic rings. The van der Waals surface area contributed by atoms with Crippen LogP contribution in [0.2, 0.25) is 5.02 Å². The number of phenolic OH excluding ortho intramolecular Hbond substituents is 1. The van der Waals surface area contributed by atoms with Crippen molar-refractivity contribution in [1.82, 2.24) is 0 Å². The second kappa shape index (κ2) is 3.33. The fourth-order valence-electron chi connectivity index (χ4n) is 0.441. The van der Waals surface area contributed by atoms with Crippen LogP contribution in [0.15, 0.2) is 24.3 Å². The first-order valence-electron chi connectivity index (χ1n) is 2.23. The number of hydrogen-bond donors (Lipinski definition) is 1. The van der Waals surface area contributed by atoms with E-state index in [1.165, 1.54) is 0 Å². The predicted octanol–water partition coefficient (Wildman–Crippen LogP) is 1.22. The van der Waals surface area contributed by atoms with Crippen molar-refractivity contribution in [3.05, 3.63) is 29.3 Å². The maximum absolute atomic E-state index is 8.70. The molecule has 3 N–H and O–H groups in total. The van der Waals surface area contributed by atoms with E-state index in [1.807, 2.05) is 0 Å². The molecule has 0 saturated carbocycles. The maximum Gasteiger partial charge on any atom is 0.115 e. The summed E-state index contributed by atoms with van der Waals surface area (Å²) in [4.78, 5) is 0. The van der Waals surface area contributed by atoms with Crippen LogP contribution in [0, 0.1) is 0 Å². The van der Waals surface area contributed by atoms with E-state index in [9.17, 15) is 0 Å². The lowest BCUT2D eigenvalue weighted by Gasteiger charge is -1.87. The summed E-state index contributed by atoms with van der Waals surface area (Å²) in [5.41, 5.74) is 0. The number of benzene rings is 1. The van der Waals surface area contributed by atoms with Crippen molar-refractivity contribution in [2.45, 2.75) is 0 Å². The van der Waals surface area contributed by atoms with Crippen molar-refractivity contribution in [1.29, 1.82) is 0 Å². The topological polar surface area (TPSA) is 51.7 Å². The number of aromatic hydroxyl groups is 1. The molecule has 2 nitrogen and oxygen atoms in total. The van der Waals surface area contributed by atoms with Gasteiger partial charge in [0.15, 0.2) is 0 Å². The molecule has 0 aliphatic heterocycles. The molecule has 0 heterocycles. The van der Waals surface area contributed by atoms with E-state index in [2.05, 4.69) is 0 Å². The van der Waals surface area contributed by atoms with Crippen LogP contribution in [0.4, 0.5) is 0 Å². The number of phenols is 1. The van der Waals surface area contributed by atoms with Gasteiger partial charge in [0.2, 0.25) is 0 Å². The van der Waals surface area contributed by atoms with Crippen molar-refractivity contribution >= 4 is 11.6 Å². The molecule has 0 aliphatic rings. The Bertz CT molecular complexity index is 150. The van der Waals surface area contributed by atoms with Crippen LogP contribution in [0.3, 0.4) is 0 Å². The molecule has 0 fully saturated rings. The molecule has 0 saturated heterocycles. The van der Waals surface area contributed by atoms with Crippen LogP contribution in [0.25, 0.3) is 0 Å². The molecular formula is C6H7ClO2. The molecule has 0 atom stereocenters. The van der Waals surface area contributed by atoms with Crippen LogP contribution in [0.5, 0.6) is 5.75 Å². The van der Waals surface area contributed by atoms with E-state index >= 15 is 0 Å². The van der Waals surface area contributed by atoms with Gasteiger partial charge < -0.3 is 10.6 Å². The third kappa shape index (κ3) is 2.35. The summed E-state index contributed by atoms with van der Waals surface area (Å²) in [6.07, 6.45) is 0. The summed E-state index contributed by atoms with van der Waals surface area (Å²) in [5, 5.41) is 9.34. The largest absolute Gasteiger partial charge is 0.508 e. The molecule has 9 heavy (non-hydrogen) atoms. The quantitative estimate of drug-likeness (QED) is 0.588. The monoisotopic (exact) mass is 146 g/mol. The lowest BCUT2D eigenvalue weighted by atomic mass is 10.3. The second-order valence-corrected chi connectivity index (χ2v) is 1.91. The van der Waals surface area contributed by atoms with Gasteiger partial charge in [-0.1, -0.05) is 11.6 Å². The van der Waals surface area contributed by atoms with Gasteiger partial charge in [-0.3, -0.25) is 0 Å². The summed E-state index contributed by atoms with van der Waals surface area (Å²) >= 11 is 5.50. The van der Waals surface area contributed by atoms with Crippen LogP contribution in [-0.2, 0) is 0 Å². The smallest absolute Gasteiger partial charge is 0.115 e. The van der Waals surface area contributed by atoms with Crippen molar-refractivity contribution in [3.8, 4) is 5.75 Å². The van der Waals surface area contributed by atoms with Gasteiger partial charge in [-0.25, -0.2) is 0 Å². The summed E-state index contributed by atoms with van der Waals surface area (Å²) in [6, 6.07) is 6.36. The highest BCUT2D eigenvalue weighted by molar-refractivity contribution is 6.30. The van der Waals surface area contributed by atoms with Crippen LogP contribution in [-0.4, -0.2) is 10.6 Å². The van der Waals surface area contributed by atoms with E-state index in [0.717, 1.165) is 0 Å². The van der Waals surface area contributed by atoms with E-state index in [1.54, 1.807) is 24.3 Å². The summed E-state index contributed by atoms with van der Waals surface area (Å²) in [5.74, 6) is 0.245. The third-order valence-corrected chi connectivity index (χ3v) is 1.08. The lowest BCUT2D eigenvalue weighted by molar-refractivity contribution is 0.475. The highest BCUT2D eigenvalue weighted by Crippen LogP contribution is 2.12. The van der Waals surface area contributed by atoms with E-state index < -0.39 is 0 Å². The van der Waals surface area contributed by atoms with Gasteiger partial charge >= 0.3 is 0 Å². The van der Waals surface area contributed by atoms with Crippen molar-refractivity contribution in [3.63, 3.8) is 0 Å². The van der Waals surface area contributed by atoms with Gasteiger partial charge in [-0.2, -0.15) is 0 Å². The van der Waals surface area contributed by atoms with Gasteiger partial charge in [0, 0.05) is 5.02 Å². The highest BCUT2D eigenvalue weighted by Gasteiger charge is 1.84. The predicted molar refractivity (Wildman–Crippen MR) is 36.7 cm³/mol. The minimum absolute atomic E-state index is 0. The molecule has 0 amide bonds. The SMILES string of the molecule is O.Oc1ccc(Cl)cc1. The Kier molecular flexibility index (Phi) is 3.06. The van der Waals surface area contributed by atoms with Gasteiger partial charge in [0.25, 0.3) is 0 Å². The normalized spacial score (nSPS) is 8.11. The minimum Gasteiger partial charge on any atom is -0.508 e. The third-order valence-electron chi connectivity index (χ3n) is 0.827. The second-order valence-electron chi connectivity index (χ2n) is 1.48. The minimum atomic E-state index is 0. The van der Waals surface area contributed by atoms with Gasteiger partial charge in [0.05, 0.1) is 0 Å². The number of hydrogen-bond acceptors (Lipinski definition) is 1. The standard InChI is InChI=1S/C6H5ClO.H2O/c7-5-1-3-6(8)4-2-5;/h1-4,8H;1H2. The van der Waals surface area contributed by atoms with Crippen LogP contribution in [0.1, 0.15) is 0 Å². The molecule has 50 valence electrons. The first-order chi connectivity index (χ1) is 3.79. The molecule has 0 unspecified atom stereocenters. The van der Waals surface area contributed by atoms with Crippen LogP contribution >= 0.6 is 11.6 Å². The molecular weight excluding hydrogens is 140 g/mol. The summed E-state index contributed by atoms with van der Waals surface area (Å²) < 4.78 is 0. The van der Waals surface area contributed by atoms with Gasteiger partial charge in [-0.05, 0) is 24.3 Å². The molecule has 0 bridgehead atoms. The summed E-state index contributed by atoms with van der Waals surface area (Å²) in [6.45, 7) is 0. The zero-order valence-electron chi connectivity index (χ0n) is 4.63. The summed E-state index contributed by atoms with van der Waals surface area (Å²) in [7, 11) is 0. The Balaban J connectivity index is 0.000000640. The van der Waals surface area contributed by atoms with Crippen molar-refractivity contribution in [2.75, 3.05) is 0 Å². The fraction of sp³-hybridized carbons (Fsp3) is 0. The Morgan fingerprint density at radius 3 is 1.89 bits per heavy atom. The van der Waals surface area contributed by atoms with Gasteiger partial charge in [-0.15, -0.1) is 0 Å². The molecule has 0 aromatic heterocycles. The zero-order valence-corrected chi connectivity index (χ0v) is 5.39. The van der Waals surface area contributed by atoms with E-state index in [-0.39, 0.29) is 11.2 Å². The Morgan fingerprint density at radius 2 is 1.56 bits per heavy atom. The first-order valence-corrected chi connectivity index (χ1v) is 2.61. The fourth-order valence-corrected chi connectivity index (χ4v) is 0.567. The number of halogens is 1. The van der Waals surface area contributed by atoms with Crippen molar-refractivity contribution in [2.24, 2.45) is 0 Å². The van der Waals surface area contributed by atoms with E-state index in [0.29, 0.717) is 5.02 Å². The molecule has 1 rings (SSSR count). The Morgan fingerprint density at radius 1 is 1.11 bits per heavy atom. The van der Waals surface area contributed by atoms with Crippen molar-refractivity contribution < 1.29 is 10.6 Å². The average molecular weight is 147 g/mol. The Hall–Kier alpha value is -0.730. The highest BCUT2D eigenvalue weighted by atomic mass is 35.5. The Labute approximate surface area is 58.0 Å². The molecule has 1 aromatic carbocycles. The zero-order chi connectivity index (χ0) is 5.98. The maximum atomic E-state index is 8.70. The van der Waals surface area contributed by atoms with E-state index in [4.69, 9.17) is 16.7 Å². The van der Waals surface area contributed by atoms with Crippen LogP contribution < -0.4 is 0 Å². The number of rotatable bonds is 0. The molecule has 0 spiro atoms. The average Bonchev–Trinajstić information content (AvgIpc) is 1.77. The van der Waals surface area contributed by atoms with Gasteiger partial charge in [0.1, 0.15) is 5.75 Å². The molecule has 0 radical (unpaired) electrons. The molecule has 3 heteroatoms. The lowest BCUT2D eigenvalue weighted by Crippen LogP contribution is -1.61. The first kappa shape index (κ1) is 8.27.